The fourth-order valence-corrected chi connectivity index (χ4v) is 6.56. The van der Waals surface area contributed by atoms with Crippen LogP contribution in [-0.4, -0.2) is 37.8 Å². The molecule has 0 radical (unpaired) electrons. The van der Waals surface area contributed by atoms with Crippen molar-refractivity contribution in [2.24, 2.45) is 0 Å². The molecule has 55 heavy (non-hydrogen) atoms. The summed E-state index contributed by atoms with van der Waals surface area (Å²) in [5, 5.41) is 0.267. The second kappa shape index (κ2) is 19.2. The Bertz CT molecular complexity index is 2260. The summed E-state index contributed by atoms with van der Waals surface area (Å²) in [5.41, 5.74) is 2.79. The van der Waals surface area contributed by atoms with E-state index in [1.54, 1.807) is 47.9 Å². The zero-order valence-corrected chi connectivity index (χ0v) is 32.7. The Hall–Kier alpha value is -5.55. The maximum absolute atomic E-state index is 14.2. The molecule has 2 heterocycles. The van der Waals surface area contributed by atoms with Gasteiger partial charge in [-0.3, -0.25) is 9.59 Å². The van der Waals surface area contributed by atoms with Gasteiger partial charge < -0.3 is 40.7 Å². The van der Waals surface area contributed by atoms with Gasteiger partial charge in [-0.1, -0.05) is 43.2 Å². The van der Waals surface area contributed by atoms with Gasteiger partial charge in [0.05, 0.1) is 32.0 Å². The third kappa shape index (κ3) is 9.96. The number of halogens is 3. The van der Waals surface area contributed by atoms with E-state index >= 15 is 0 Å². The minimum Gasteiger partial charge on any atom is -1.00 e. The number of anilines is 1. The van der Waals surface area contributed by atoms with Crippen LogP contribution in [0.2, 0.25) is 0 Å². The zero-order chi connectivity index (χ0) is 38.0. The number of aromatic nitrogens is 2. The molecule has 4 aromatic carbocycles. The number of nitrogens with zero attached hydrogens (tertiary/aromatic N) is 3. The number of rotatable bonds is 16. The monoisotopic (exact) mass is 811 g/mol. The molecule has 0 unspecified atom stereocenters. The van der Waals surface area contributed by atoms with E-state index in [0.29, 0.717) is 35.1 Å². The molecule has 2 aromatic heterocycles. The normalized spacial score (nSPS) is 10.9. The molecule has 0 N–H and O–H groups in total. The Morgan fingerprint density at radius 2 is 1.44 bits per heavy atom. The summed E-state index contributed by atoms with van der Waals surface area (Å²) in [5.74, 6) is -0.781. The lowest BCUT2D eigenvalue weighted by atomic mass is 10.1. The van der Waals surface area contributed by atoms with Crippen LogP contribution in [0.15, 0.2) is 120 Å². The van der Waals surface area contributed by atoms with Gasteiger partial charge >= 0.3 is 0 Å². The van der Waals surface area contributed by atoms with Crippen LogP contribution in [0, 0.1) is 11.6 Å². The van der Waals surface area contributed by atoms with E-state index in [1.807, 2.05) is 6.07 Å². The van der Waals surface area contributed by atoms with Crippen LogP contribution in [0.5, 0.6) is 17.2 Å². The average Bonchev–Trinajstić information content (AvgIpc) is 3.19. The lowest BCUT2D eigenvalue weighted by Crippen LogP contribution is -3.00. The predicted octanol–water partition coefficient (Wildman–Crippen LogP) is 5.94. The maximum atomic E-state index is 14.2. The van der Waals surface area contributed by atoms with Gasteiger partial charge in [0.25, 0.3) is 5.91 Å². The van der Waals surface area contributed by atoms with Crippen molar-refractivity contribution in [1.82, 2.24) is 4.57 Å². The molecule has 6 aromatic rings. The molecule has 0 bridgehead atoms. The van der Waals surface area contributed by atoms with Crippen LogP contribution in [0.4, 0.5) is 14.5 Å². The van der Waals surface area contributed by atoms with Crippen molar-refractivity contribution < 1.29 is 49.3 Å². The minimum absolute atomic E-state index is 0. The smallest absolute Gasteiger partial charge is 0.263 e. The van der Waals surface area contributed by atoms with Crippen molar-refractivity contribution in [2.45, 2.75) is 45.6 Å². The molecule has 286 valence electrons. The van der Waals surface area contributed by atoms with Crippen LogP contribution >= 0.6 is 0 Å². The number of hydrogen-bond acceptors (Lipinski definition) is 5. The topological polar surface area (TPSA) is 73.9 Å². The first-order chi connectivity index (χ1) is 26.3. The molecule has 0 saturated carbocycles. The molecule has 1 amide bonds. The number of carbonyl (C=O) groups is 1. The Labute approximate surface area is 330 Å². The third-order valence-electron chi connectivity index (χ3n) is 9.34. The number of aryl methyl sites for hydroxylation is 1. The fraction of sp³-hybridized carbons (Fsp3) is 0.250. The number of fused-ring (bicyclic) bond motifs is 1. The van der Waals surface area contributed by atoms with Crippen LogP contribution in [0.25, 0.3) is 27.7 Å². The number of pyridine rings is 2. The van der Waals surface area contributed by atoms with E-state index in [9.17, 15) is 18.4 Å². The van der Waals surface area contributed by atoms with Crippen molar-refractivity contribution in [3.05, 3.63) is 143 Å². The number of hydrogen-bond donors (Lipinski definition) is 0. The van der Waals surface area contributed by atoms with Crippen molar-refractivity contribution in [2.75, 3.05) is 32.3 Å². The van der Waals surface area contributed by atoms with Gasteiger partial charge in [-0.05, 0) is 55.7 Å². The van der Waals surface area contributed by atoms with E-state index in [1.165, 1.54) is 36.4 Å². The highest BCUT2D eigenvalue weighted by Crippen LogP contribution is 2.30. The summed E-state index contributed by atoms with van der Waals surface area (Å²) < 4.78 is 49.5. The minimum atomic E-state index is -0.830. The van der Waals surface area contributed by atoms with Gasteiger partial charge in [0.1, 0.15) is 41.0 Å². The summed E-state index contributed by atoms with van der Waals surface area (Å²) in [6, 6.07) is 27.8. The standard InChI is InChI=1S/C44H44F2N3O5.BrH/c1-4-48(35-23-33(45)22-34(46)24-35)44(51)41-30-49(36-25-38(52-2)27-39(26-36)53-3)42-28-37(17-18-40(42)43(41)50)54-21-12-7-5-6-11-19-47-20-13-16-32(29-47)31-14-9-8-10-15-31;/h8-10,13-18,20,22-30H,4-7,11-12,19,21H2,1-3H3;1H/q+1;/p-1. The van der Waals surface area contributed by atoms with Gasteiger partial charge in [-0.2, -0.15) is 0 Å². The van der Waals surface area contributed by atoms with E-state index in [0.717, 1.165) is 56.8 Å². The number of unbranched alkanes of at least 4 members (excludes halogenated alkanes) is 4. The molecular formula is C44H44BrF2N3O5. The van der Waals surface area contributed by atoms with Crippen molar-refractivity contribution in [3.8, 4) is 34.1 Å². The zero-order valence-electron chi connectivity index (χ0n) is 31.1. The van der Waals surface area contributed by atoms with Crippen LogP contribution in [0.3, 0.4) is 0 Å². The molecule has 6 rings (SSSR count). The number of carbonyl (C=O) groups excluding carboxylic acids is 1. The highest BCUT2D eigenvalue weighted by atomic mass is 79.9. The highest BCUT2D eigenvalue weighted by Gasteiger charge is 2.24. The molecule has 0 aliphatic heterocycles. The van der Waals surface area contributed by atoms with Crippen molar-refractivity contribution in [3.63, 3.8) is 0 Å². The number of ether oxygens (including phenoxy) is 3. The highest BCUT2D eigenvalue weighted by molar-refractivity contribution is 6.07. The van der Waals surface area contributed by atoms with Crippen LogP contribution in [0.1, 0.15) is 49.4 Å². The second-order valence-corrected chi connectivity index (χ2v) is 13.0. The van der Waals surface area contributed by atoms with Gasteiger partial charge in [-0.25, -0.2) is 13.3 Å². The van der Waals surface area contributed by atoms with Gasteiger partial charge in [0, 0.05) is 72.2 Å². The Morgan fingerprint density at radius 1 is 0.764 bits per heavy atom. The molecular weight excluding hydrogens is 768 g/mol. The number of benzene rings is 4. The predicted molar refractivity (Wildman–Crippen MR) is 207 cm³/mol. The first kappa shape index (κ1) is 40.6. The maximum Gasteiger partial charge on any atom is 0.263 e. The summed E-state index contributed by atoms with van der Waals surface area (Å²) in [6.07, 6.45) is 10.9. The van der Waals surface area contributed by atoms with E-state index in [2.05, 4.69) is 53.4 Å². The van der Waals surface area contributed by atoms with Crippen molar-refractivity contribution >= 4 is 22.5 Å². The Morgan fingerprint density at radius 3 is 2.13 bits per heavy atom. The van der Waals surface area contributed by atoms with E-state index < -0.39 is 23.0 Å². The van der Waals surface area contributed by atoms with Gasteiger partial charge in [0.15, 0.2) is 12.4 Å². The number of amides is 1. The average molecular weight is 813 g/mol. The van der Waals surface area contributed by atoms with E-state index in [4.69, 9.17) is 14.2 Å². The molecule has 0 aliphatic rings. The van der Waals surface area contributed by atoms with E-state index in [-0.39, 0.29) is 40.2 Å². The SMILES string of the molecule is CCN(C(=O)c1cn(-c2cc(OC)cc(OC)c2)c2cc(OCCCCCCC[n+]3cccc(-c4ccccc4)c3)ccc2c1=O)c1cc(F)cc(F)c1.[Br-]. The Balaban J connectivity index is 0.00000580. The molecule has 11 heteroatoms. The first-order valence-corrected chi connectivity index (χ1v) is 18.2. The molecule has 8 nitrogen and oxygen atoms in total. The summed E-state index contributed by atoms with van der Waals surface area (Å²) in [7, 11) is 3.06. The summed E-state index contributed by atoms with van der Waals surface area (Å²) >= 11 is 0. The van der Waals surface area contributed by atoms with Gasteiger partial charge in [0.2, 0.25) is 5.43 Å². The van der Waals surface area contributed by atoms with Crippen LogP contribution in [-0.2, 0) is 6.54 Å². The lowest BCUT2D eigenvalue weighted by Gasteiger charge is -2.22. The fourth-order valence-electron chi connectivity index (χ4n) is 6.56. The molecule has 0 fully saturated rings. The summed E-state index contributed by atoms with van der Waals surface area (Å²) in [4.78, 5) is 29.1. The first-order valence-electron chi connectivity index (χ1n) is 18.2. The Kier molecular flexibility index (Phi) is 14.2. The lowest BCUT2D eigenvalue weighted by molar-refractivity contribution is -0.696. The third-order valence-corrected chi connectivity index (χ3v) is 9.34. The molecule has 0 spiro atoms. The van der Waals surface area contributed by atoms with Crippen molar-refractivity contribution in [1.29, 1.82) is 0 Å². The quantitative estimate of drug-likeness (QED) is 0.0895. The number of methoxy groups -OCH3 is 2. The molecule has 0 aliphatic carbocycles. The molecule has 0 saturated heterocycles. The van der Waals surface area contributed by atoms with Gasteiger partial charge in [-0.15, -0.1) is 0 Å². The second-order valence-electron chi connectivity index (χ2n) is 13.0. The molecule has 0 atom stereocenters. The summed E-state index contributed by atoms with van der Waals surface area (Å²) in [6.45, 7) is 3.20. The largest absolute Gasteiger partial charge is 1.00 e. The van der Waals surface area contributed by atoms with Crippen LogP contribution < -0.4 is 46.1 Å².